The molecule has 0 aromatic heterocycles. The van der Waals surface area contributed by atoms with E-state index in [0.717, 1.165) is 12.8 Å². The summed E-state index contributed by atoms with van der Waals surface area (Å²) in [6, 6.07) is 0. The Morgan fingerprint density at radius 1 is 1.39 bits per heavy atom. The number of carboxylic acid groups (broad SMARTS) is 1. The monoisotopic (exact) mass is 400 g/mol. The molecular formula is C22H34F2O4. The van der Waals surface area contributed by atoms with Crippen molar-refractivity contribution < 1.29 is 28.5 Å². The molecular weight excluding hydrogens is 366 g/mol. The van der Waals surface area contributed by atoms with E-state index in [9.17, 15) is 14.3 Å². The highest BCUT2D eigenvalue weighted by Crippen LogP contribution is 2.48. The molecule has 2 unspecified atom stereocenters. The third kappa shape index (κ3) is 5.63. The fourth-order valence-electron chi connectivity index (χ4n) is 4.38. The highest BCUT2D eigenvalue weighted by Gasteiger charge is 2.53. The molecule has 0 aromatic rings. The van der Waals surface area contributed by atoms with Crippen LogP contribution in [0.5, 0.6) is 0 Å². The van der Waals surface area contributed by atoms with Gasteiger partial charge in [-0.1, -0.05) is 51.0 Å². The van der Waals surface area contributed by atoms with E-state index in [2.05, 4.69) is 0 Å². The van der Waals surface area contributed by atoms with Crippen molar-refractivity contribution in [1.82, 2.24) is 0 Å². The number of carbonyl (C=O) groups is 1. The van der Waals surface area contributed by atoms with Gasteiger partial charge >= 0.3 is 5.97 Å². The van der Waals surface area contributed by atoms with E-state index in [-0.39, 0.29) is 30.3 Å². The van der Waals surface area contributed by atoms with Gasteiger partial charge in [0.25, 0.3) is 0 Å². The molecule has 2 fully saturated rings. The Balaban J connectivity index is 1.99. The van der Waals surface area contributed by atoms with Crippen LogP contribution in [0.25, 0.3) is 0 Å². The molecule has 0 radical (unpaired) electrons. The summed E-state index contributed by atoms with van der Waals surface area (Å²) in [4.78, 5) is 10.6. The minimum atomic E-state index is -1.69. The van der Waals surface area contributed by atoms with Gasteiger partial charge < -0.3 is 14.9 Å². The smallest absolute Gasteiger partial charge is 0.303 e. The zero-order valence-corrected chi connectivity index (χ0v) is 17.1. The number of carboxylic acids is 1. The summed E-state index contributed by atoms with van der Waals surface area (Å²) < 4.78 is 35.5. The number of aliphatic carboxylic acids is 1. The van der Waals surface area contributed by atoms with Crippen molar-refractivity contribution in [2.24, 2.45) is 17.8 Å². The van der Waals surface area contributed by atoms with Crippen molar-refractivity contribution in [2.45, 2.75) is 89.4 Å². The maximum absolute atomic E-state index is 15.0. The molecule has 0 spiro atoms. The van der Waals surface area contributed by atoms with Crippen LogP contribution in [-0.2, 0) is 9.53 Å². The Hall–Kier alpha value is -1.27. The van der Waals surface area contributed by atoms with Gasteiger partial charge in [-0.25, -0.2) is 8.78 Å². The van der Waals surface area contributed by atoms with E-state index in [1.807, 2.05) is 13.8 Å². The zero-order chi connectivity index (χ0) is 20.9. The summed E-state index contributed by atoms with van der Waals surface area (Å²) in [7, 11) is 0. The highest BCUT2D eigenvalue weighted by atomic mass is 19.1. The quantitative estimate of drug-likeness (QED) is 0.525. The third-order valence-electron chi connectivity index (χ3n) is 6.15. The molecule has 2 N–H and O–H groups in total. The van der Waals surface area contributed by atoms with Gasteiger partial charge in [0.2, 0.25) is 0 Å². The number of aliphatic hydroxyl groups is 1. The Morgan fingerprint density at radius 2 is 2.11 bits per heavy atom. The number of fused-ring (bicyclic) bond motifs is 1. The minimum Gasteiger partial charge on any atom is -0.481 e. The molecule has 6 heteroatoms. The second-order valence-corrected chi connectivity index (χ2v) is 8.52. The van der Waals surface area contributed by atoms with Crippen LogP contribution in [0.15, 0.2) is 24.3 Å². The average Bonchev–Trinajstić information content (AvgIpc) is 3.09. The normalized spacial score (nSPS) is 36.1. The number of allylic oxidation sites excluding steroid dienone is 2. The fourth-order valence-corrected chi connectivity index (χ4v) is 4.38. The molecule has 0 bridgehead atoms. The predicted octanol–water partition coefficient (Wildman–Crippen LogP) is 4.62. The summed E-state index contributed by atoms with van der Waals surface area (Å²) >= 11 is 0. The van der Waals surface area contributed by atoms with Crippen LogP contribution in [0.2, 0.25) is 0 Å². The van der Waals surface area contributed by atoms with Crippen molar-refractivity contribution in [1.29, 1.82) is 0 Å². The lowest BCUT2D eigenvalue weighted by Gasteiger charge is -2.25. The number of alkyl halides is 2. The Kier molecular flexibility index (Phi) is 8.19. The number of halogens is 2. The Morgan fingerprint density at radius 3 is 2.75 bits per heavy atom. The molecule has 1 heterocycles. The lowest BCUT2D eigenvalue weighted by Crippen LogP contribution is -2.33. The standard InChI is InChI=1S/C22H34F2O4/c1-4-5-12-22(3,24)18(25)11-10-15-14(2)13-17-20(15)21(23)16(28-17)8-6-7-9-19(26)27/h6,8,10-11,14-18,20-21,25H,4-5,7,9,12-13H2,1-3H3,(H,26,27)/b8-6+,11-10+/t14-,15+,16-,17-,18-,20-,21?,22?/m1/s1. The van der Waals surface area contributed by atoms with Gasteiger partial charge in [0.1, 0.15) is 24.0 Å². The van der Waals surface area contributed by atoms with E-state index in [1.54, 1.807) is 18.2 Å². The van der Waals surface area contributed by atoms with Crippen molar-refractivity contribution in [3.8, 4) is 0 Å². The largest absolute Gasteiger partial charge is 0.481 e. The summed E-state index contributed by atoms with van der Waals surface area (Å²) in [6.07, 6.45) is 6.19. The van der Waals surface area contributed by atoms with Gasteiger partial charge in [-0.05, 0) is 38.0 Å². The van der Waals surface area contributed by atoms with Crippen LogP contribution in [-0.4, -0.2) is 46.3 Å². The molecule has 1 saturated carbocycles. The van der Waals surface area contributed by atoms with Gasteiger partial charge in [0.15, 0.2) is 0 Å². The van der Waals surface area contributed by atoms with E-state index < -0.39 is 30.0 Å². The number of ether oxygens (including phenoxy) is 1. The van der Waals surface area contributed by atoms with Crippen molar-refractivity contribution in [2.75, 3.05) is 0 Å². The molecule has 1 aliphatic carbocycles. The number of hydrogen-bond acceptors (Lipinski definition) is 3. The molecule has 0 aromatic carbocycles. The van der Waals surface area contributed by atoms with Crippen molar-refractivity contribution in [3.05, 3.63) is 24.3 Å². The lowest BCUT2D eigenvalue weighted by molar-refractivity contribution is -0.136. The van der Waals surface area contributed by atoms with Crippen LogP contribution in [0, 0.1) is 17.8 Å². The lowest BCUT2D eigenvalue weighted by atomic mass is 9.84. The first-order valence-corrected chi connectivity index (χ1v) is 10.4. The van der Waals surface area contributed by atoms with E-state index in [1.165, 1.54) is 13.0 Å². The van der Waals surface area contributed by atoms with Crippen LogP contribution < -0.4 is 0 Å². The van der Waals surface area contributed by atoms with Crippen LogP contribution in [0.4, 0.5) is 8.78 Å². The summed E-state index contributed by atoms with van der Waals surface area (Å²) in [5.41, 5.74) is -1.69. The van der Waals surface area contributed by atoms with Crippen LogP contribution in [0.3, 0.4) is 0 Å². The first kappa shape index (κ1) is 23.0. The first-order chi connectivity index (χ1) is 13.2. The molecule has 0 amide bonds. The fraction of sp³-hybridized carbons (Fsp3) is 0.773. The van der Waals surface area contributed by atoms with Crippen molar-refractivity contribution in [3.63, 3.8) is 0 Å². The molecule has 1 aliphatic heterocycles. The molecule has 2 rings (SSSR count). The van der Waals surface area contributed by atoms with Gasteiger partial charge in [-0.2, -0.15) is 0 Å². The minimum absolute atomic E-state index is 0.00729. The molecule has 8 atom stereocenters. The number of aliphatic hydroxyl groups excluding tert-OH is 1. The summed E-state index contributed by atoms with van der Waals surface area (Å²) in [5.74, 6) is -1.14. The topological polar surface area (TPSA) is 66.8 Å². The second-order valence-electron chi connectivity index (χ2n) is 8.52. The number of rotatable bonds is 10. The third-order valence-corrected chi connectivity index (χ3v) is 6.15. The highest BCUT2D eigenvalue weighted by molar-refractivity contribution is 5.66. The SMILES string of the molecule is CCCCC(C)(F)[C@H](O)/C=C/[C@@H]1[C@H]2C(F)[C@@H](/C=C/CCC(=O)O)O[C@@H]2C[C@H]1C. The van der Waals surface area contributed by atoms with Crippen molar-refractivity contribution >= 4 is 5.97 Å². The van der Waals surface area contributed by atoms with Crippen LogP contribution in [0.1, 0.15) is 59.3 Å². The number of hydrogen-bond donors (Lipinski definition) is 2. The van der Waals surface area contributed by atoms with Crippen LogP contribution >= 0.6 is 0 Å². The van der Waals surface area contributed by atoms with Gasteiger partial charge in [0.05, 0.1) is 6.10 Å². The first-order valence-electron chi connectivity index (χ1n) is 10.4. The zero-order valence-electron chi connectivity index (χ0n) is 17.1. The molecule has 160 valence electrons. The number of unbranched alkanes of at least 4 members (excludes halogenated alkanes) is 1. The molecule has 1 saturated heterocycles. The maximum atomic E-state index is 15.0. The summed E-state index contributed by atoms with van der Waals surface area (Å²) in [6.45, 7) is 5.42. The average molecular weight is 401 g/mol. The summed E-state index contributed by atoms with van der Waals surface area (Å²) in [5, 5.41) is 18.9. The van der Waals surface area contributed by atoms with Gasteiger partial charge in [-0.15, -0.1) is 0 Å². The molecule has 28 heavy (non-hydrogen) atoms. The second kappa shape index (κ2) is 9.97. The van der Waals surface area contributed by atoms with Gasteiger partial charge in [0, 0.05) is 12.3 Å². The Labute approximate surface area is 166 Å². The Bertz CT molecular complexity index is 575. The van der Waals surface area contributed by atoms with Gasteiger partial charge in [-0.3, -0.25) is 4.79 Å². The molecule has 2 aliphatic rings. The maximum Gasteiger partial charge on any atom is 0.303 e. The predicted molar refractivity (Wildman–Crippen MR) is 105 cm³/mol. The van der Waals surface area contributed by atoms with E-state index >= 15 is 4.39 Å². The van der Waals surface area contributed by atoms with E-state index in [0.29, 0.717) is 19.3 Å². The molecule has 4 nitrogen and oxygen atoms in total. The van der Waals surface area contributed by atoms with E-state index in [4.69, 9.17) is 9.84 Å².